The second kappa shape index (κ2) is 7.12. The molecule has 0 unspecified atom stereocenters. The number of aromatic nitrogens is 2. The van der Waals surface area contributed by atoms with Crippen LogP contribution in [0.5, 0.6) is 0 Å². The van der Waals surface area contributed by atoms with Crippen LogP contribution < -0.4 is 10.5 Å². The highest BCUT2D eigenvalue weighted by Crippen LogP contribution is 2.34. The Hall–Kier alpha value is -2.14. The second-order valence-electron chi connectivity index (χ2n) is 8.02. The monoisotopic (exact) mass is 366 g/mol. The molecule has 0 saturated heterocycles. The Bertz CT molecular complexity index is 911. The average Bonchev–Trinajstić information content (AvgIpc) is 3.19. The van der Waals surface area contributed by atoms with Gasteiger partial charge in [0, 0.05) is 23.0 Å². The number of benzene rings is 1. The molecule has 1 fully saturated rings. The number of anilines is 2. The van der Waals surface area contributed by atoms with Crippen molar-refractivity contribution in [3.8, 4) is 0 Å². The lowest BCUT2D eigenvalue weighted by Gasteiger charge is -2.41. The van der Waals surface area contributed by atoms with Crippen molar-refractivity contribution in [2.45, 2.75) is 72.5 Å². The van der Waals surface area contributed by atoms with Gasteiger partial charge in [0.15, 0.2) is 0 Å². The van der Waals surface area contributed by atoms with E-state index in [1.807, 2.05) is 18.4 Å². The number of aryl methyl sites for hydroxylation is 2. The first-order chi connectivity index (χ1) is 13.0. The van der Waals surface area contributed by atoms with Crippen molar-refractivity contribution in [3.05, 3.63) is 50.9 Å². The van der Waals surface area contributed by atoms with Crippen molar-refractivity contribution in [3.63, 3.8) is 0 Å². The van der Waals surface area contributed by atoms with E-state index in [1.54, 1.807) is 0 Å². The quantitative estimate of drug-likeness (QED) is 0.822. The van der Waals surface area contributed by atoms with Crippen LogP contribution in [0.4, 0.5) is 11.6 Å². The van der Waals surface area contributed by atoms with Crippen molar-refractivity contribution in [1.82, 2.24) is 14.5 Å². The summed E-state index contributed by atoms with van der Waals surface area (Å²) < 4.78 is 1.90. The van der Waals surface area contributed by atoms with Gasteiger partial charge < -0.3 is 0 Å². The molecular weight excluding hydrogens is 336 g/mol. The molecule has 27 heavy (non-hydrogen) atoms. The summed E-state index contributed by atoms with van der Waals surface area (Å²) in [6.07, 6.45) is 5.76. The van der Waals surface area contributed by atoms with Crippen molar-refractivity contribution in [1.29, 1.82) is 0 Å². The summed E-state index contributed by atoms with van der Waals surface area (Å²) in [4.78, 5) is 22.8. The molecule has 1 saturated carbocycles. The molecule has 0 spiro atoms. The van der Waals surface area contributed by atoms with E-state index in [9.17, 15) is 4.79 Å². The molecule has 1 aliphatic carbocycles. The van der Waals surface area contributed by atoms with Crippen molar-refractivity contribution in [2.75, 3.05) is 11.6 Å². The lowest BCUT2D eigenvalue weighted by molar-refractivity contribution is 0.138. The molecule has 1 aliphatic heterocycles. The minimum absolute atomic E-state index is 0.123. The fourth-order valence-corrected chi connectivity index (χ4v) is 4.61. The molecule has 2 aromatic rings. The largest absolute Gasteiger partial charge is 0.298 e. The number of hydrogen-bond acceptors (Lipinski definition) is 4. The van der Waals surface area contributed by atoms with Crippen LogP contribution in [0.2, 0.25) is 0 Å². The zero-order valence-electron chi connectivity index (χ0n) is 17.0. The predicted molar refractivity (Wildman–Crippen MR) is 110 cm³/mol. The molecule has 0 N–H and O–H groups in total. The summed E-state index contributed by atoms with van der Waals surface area (Å²) >= 11 is 0. The summed E-state index contributed by atoms with van der Waals surface area (Å²) in [7, 11) is 0. The summed E-state index contributed by atoms with van der Waals surface area (Å²) in [6, 6.07) is 6.95. The normalized spacial score (nSPS) is 18.1. The fourth-order valence-electron chi connectivity index (χ4n) is 4.61. The van der Waals surface area contributed by atoms with Gasteiger partial charge >= 0.3 is 0 Å². The summed E-state index contributed by atoms with van der Waals surface area (Å²) in [5.74, 6) is 0.789. The second-order valence-corrected chi connectivity index (χ2v) is 8.02. The maximum absolute atomic E-state index is 13.2. The van der Waals surface area contributed by atoms with Crippen molar-refractivity contribution in [2.24, 2.45) is 0 Å². The molecule has 0 radical (unpaired) electrons. The topological polar surface area (TPSA) is 41.4 Å². The highest BCUT2D eigenvalue weighted by molar-refractivity contribution is 5.64. The van der Waals surface area contributed by atoms with E-state index in [1.165, 1.54) is 36.8 Å². The number of rotatable bonds is 3. The Morgan fingerprint density at radius 3 is 2.56 bits per heavy atom. The molecule has 1 aromatic heterocycles. The third kappa shape index (κ3) is 3.08. The molecular formula is C22H30N4O. The molecule has 1 aromatic carbocycles. The molecule has 2 heterocycles. The number of fused-ring (bicyclic) bond motifs is 1. The van der Waals surface area contributed by atoms with Crippen LogP contribution in [0.3, 0.4) is 0 Å². The average molecular weight is 367 g/mol. The molecule has 2 aliphatic rings. The van der Waals surface area contributed by atoms with Crippen LogP contribution in [0.1, 0.15) is 55.0 Å². The van der Waals surface area contributed by atoms with Crippen molar-refractivity contribution >= 4 is 11.6 Å². The van der Waals surface area contributed by atoms with E-state index in [4.69, 9.17) is 4.98 Å². The zero-order chi connectivity index (χ0) is 19.1. The van der Waals surface area contributed by atoms with Gasteiger partial charge in [0.2, 0.25) is 5.95 Å². The SMILES string of the molecule is CCc1c(C)nc2n(c1=O)CN(C1CCCC1)CN2c1cccc(C)c1C. The molecule has 5 nitrogen and oxygen atoms in total. The van der Waals surface area contributed by atoms with E-state index in [0.717, 1.165) is 36.0 Å². The molecule has 4 rings (SSSR count). The Morgan fingerprint density at radius 1 is 1.11 bits per heavy atom. The third-order valence-corrected chi connectivity index (χ3v) is 6.40. The summed E-state index contributed by atoms with van der Waals surface area (Å²) in [5, 5.41) is 0. The predicted octanol–water partition coefficient (Wildman–Crippen LogP) is 4.04. The summed E-state index contributed by atoms with van der Waals surface area (Å²) in [6.45, 7) is 9.76. The Labute approximate surface area is 161 Å². The molecule has 5 heteroatoms. The van der Waals surface area contributed by atoms with Crippen LogP contribution in [-0.2, 0) is 13.1 Å². The third-order valence-electron chi connectivity index (χ3n) is 6.40. The van der Waals surface area contributed by atoms with E-state index in [0.29, 0.717) is 12.7 Å². The van der Waals surface area contributed by atoms with Crippen molar-refractivity contribution < 1.29 is 0 Å². The first-order valence-electron chi connectivity index (χ1n) is 10.2. The van der Waals surface area contributed by atoms with E-state index < -0.39 is 0 Å². The van der Waals surface area contributed by atoms with Gasteiger partial charge in [0.25, 0.3) is 5.56 Å². The minimum Gasteiger partial charge on any atom is -0.298 e. The lowest BCUT2D eigenvalue weighted by Crippen LogP contribution is -2.51. The van der Waals surface area contributed by atoms with Crippen LogP contribution in [0.15, 0.2) is 23.0 Å². The maximum atomic E-state index is 13.2. The smallest absolute Gasteiger partial charge is 0.259 e. The van der Waals surface area contributed by atoms with Crippen LogP contribution in [0.25, 0.3) is 0 Å². The van der Waals surface area contributed by atoms with E-state index >= 15 is 0 Å². The Morgan fingerprint density at radius 2 is 1.85 bits per heavy atom. The minimum atomic E-state index is 0.123. The fraction of sp³-hybridized carbons (Fsp3) is 0.545. The Balaban J connectivity index is 1.88. The first-order valence-corrected chi connectivity index (χ1v) is 10.2. The van der Waals surface area contributed by atoms with Gasteiger partial charge in [0.1, 0.15) is 0 Å². The highest BCUT2D eigenvalue weighted by Gasteiger charge is 2.33. The van der Waals surface area contributed by atoms with Gasteiger partial charge in [-0.05, 0) is 57.2 Å². The lowest BCUT2D eigenvalue weighted by atomic mass is 10.1. The van der Waals surface area contributed by atoms with Gasteiger partial charge in [-0.2, -0.15) is 0 Å². The van der Waals surface area contributed by atoms with Gasteiger partial charge in [-0.3, -0.25) is 19.2 Å². The van der Waals surface area contributed by atoms with E-state index in [2.05, 4.69) is 41.8 Å². The zero-order valence-corrected chi connectivity index (χ0v) is 17.0. The maximum Gasteiger partial charge on any atom is 0.259 e. The molecule has 144 valence electrons. The summed E-state index contributed by atoms with van der Waals surface area (Å²) in [5.41, 5.74) is 5.50. The number of hydrogen-bond donors (Lipinski definition) is 0. The van der Waals surface area contributed by atoms with Crippen LogP contribution in [0, 0.1) is 20.8 Å². The van der Waals surface area contributed by atoms with Gasteiger partial charge in [0.05, 0.1) is 13.3 Å². The van der Waals surface area contributed by atoms with Crippen LogP contribution in [-0.4, -0.2) is 27.2 Å². The van der Waals surface area contributed by atoms with Crippen LogP contribution >= 0.6 is 0 Å². The first kappa shape index (κ1) is 18.2. The van der Waals surface area contributed by atoms with E-state index in [-0.39, 0.29) is 5.56 Å². The standard InChI is InChI=1S/C22H30N4O/c1-5-19-17(4)23-22-25(20-12-8-9-15(2)16(20)3)13-24(14-26(22)21(19)27)18-10-6-7-11-18/h8-9,12,18H,5-7,10-11,13-14H2,1-4H3. The Kier molecular flexibility index (Phi) is 4.81. The van der Waals surface area contributed by atoms with Gasteiger partial charge in [-0.25, -0.2) is 4.98 Å². The molecule has 0 amide bonds. The highest BCUT2D eigenvalue weighted by atomic mass is 16.1. The van der Waals surface area contributed by atoms with Gasteiger partial charge in [-0.1, -0.05) is 31.9 Å². The molecule has 0 bridgehead atoms. The van der Waals surface area contributed by atoms with Gasteiger partial charge in [-0.15, -0.1) is 0 Å². The molecule has 0 atom stereocenters. The number of nitrogens with zero attached hydrogens (tertiary/aromatic N) is 4.